The van der Waals surface area contributed by atoms with Crippen LogP contribution < -0.4 is 10.1 Å². The molecule has 0 aromatic carbocycles. The molecular formula is C19H23ClFN3O2. The summed E-state index contributed by atoms with van der Waals surface area (Å²) in [5.41, 5.74) is 0.324. The minimum atomic E-state index is -0.681. The van der Waals surface area contributed by atoms with Crippen molar-refractivity contribution in [2.24, 2.45) is 5.92 Å². The van der Waals surface area contributed by atoms with Gasteiger partial charge < -0.3 is 15.0 Å². The number of piperidine rings is 1. The summed E-state index contributed by atoms with van der Waals surface area (Å²) in [5, 5.41) is 2.03. The summed E-state index contributed by atoms with van der Waals surface area (Å²) in [5.74, 6) is 0.552. The van der Waals surface area contributed by atoms with E-state index >= 15 is 0 Å². The van der Waals surface area contributed by atoms with Gasteiger partial charge >= 0.3 is 0 Å². The number of halogens is 2. The maximum atomic E-state index is 13.2. The van der Waals surface area contributed by atoms with Crippen molar-refractivity contribution in [2.75, 3.05) is 25.5 Å². The van der Waals surface area contributed by atoms with E-state index in [-0.39, 0.29) is 24.3 Å². The van der Waals surface area contributed by atoms with Crippen molar-refractivity contribution in [1.29, 1.82) is 0 Å². The summed E-state index contributed by atoms with van der Waals surface area (Å²) < 4.78 is 19.2. The van der Waals surface area contributed by atoms with Crippen LogP contribution in [0.2, 0.25) is 0 Å². The molecule has 1 N–H and O–H groups in total. The number of ether oxygens (including phenoxy) is 1. The van der Waals surface area contributed by atoms with Gasteiger partial charge in [0.25, 0.3) is 5.91 Å². The zero-order valence-electron chi connectivity index (χ0n) is 14.9. The minimum Gasteiger partial charge on any atom is -0.474 e. The first-order valence-electron chi connectivity index (χ1n) is 8.76. The Balaban J connectivity index is 1.65. The van der Waals surface area contributed by atoms with E-state index in [1.165, 1.54) is 12.2 Å². The van der Waals surface area contributed by atoms with Gasteiger partial charge in [-0.25, -0.2) is 4.39 Å². The van der Waals surface area contributed by atoms with Crippen LogP contribution in [0, 0.1) is 5.92 Å². The maximum absolute atomic E-state index is 13.2. The third kappa shape index (κ3) is 4.62. The van der Waals surface area contributed by atoms with Crippen LogP contribution in [-0.4, -0.2) is 47.4 Å². The second kappa shape index (κ2) is 8.18. The van der Waals surface area contributed by atoms with E-state index in [9.17, 15) is 9.18 Å². The largest absolute Gasteiger partial charge is 0.474 e. The van der Waals surface area contributed by atoms with Crippen LogP contribution in [0.5, 0.6) is 5.88 Å². The third-order valence-electron chi connectivity index (χ3n) is 4.68. The summed E-state index contributed by atoms with van der Waals surface area (Å²) in [6.45, 7) is 4.13. The number of hydrogen-bond acceptors (Lipinski definition) is 4. The third-order valence-corrected chi connectivity index (χ3v) is 5.07. The van der Waals surface area contributed by atoms with Crippen LogP contribution in [-0.2, 0) is 4.79 Å². The highest BCUT2D eigenvalue weighted by atomic mass is 35.5. The van der Waals surface area contributed by atoms with E-state index in [2.05, 4.69) is 29.2 Å². The number of amides is 1. The van der Waals surface area contributed by atoms with Gasteiger partial charge in [0.15, 0.2) is 0 Å². The molecule has 7 heteroatoms. The number of nitrogens with zero attached hydrogens (tertiary/aromatic N) is 2. The Morgan fingerprint density at radius 1 is 1.42 bits per heavy atom. The highest BCUT2D eigenvalue weighted by Crippen LogP contribution is 2.26. The smallest absolute Gasteiger partial charge is 0.254 e. The molecule has 2 aliphatic rings. The van der Waals surface area contributed by atoms with Gasteiger partial charge in [-0.2, -0.15) is 4.98 Å². The Morgan fingerprint density at radius 3 is 2.96 bits per heavy atom. The molecule has 2 heterocycles. The molecule has 0 bridgehead atoms. The van der Waals surface area contributed by atoms with E-state index in [0.29, 0.717) is 23.2 Å². The number of pyridine rings is 1. The van der Waals surface area contributed by atoms with Crippen molar-refractivity contribution >= 4 is 23.3 Å². The highest BCUT2D eigenvalue weighted by molar-refractivity contribution is 6.27. The van der Waals surface area contributed by atoms with Crippen LogP contribution in [0.25, 0.3) is 0 Å². The van der Waals surface area contributed by atoms with Crippen LogP contribution in [0.15, 0.2) is 41.8 Å². The Kier molecular flexibility index (Phi) is 5.94. The molecule has 1 aliphatic carbocycles. The molecular weight excluding hydrogens is 357 g/mol. The minimum absolute atomic E-state index is 0.0192. The highest BCUT2D eigenvalue weighted by Gasteiger charge is 2.26. The molecule has 1 saturated heterocycles. The molecule has 1 aliphatic heterocycles. The van der Waals surface area contributed by atoms with Gasteiger partial charge in [-0.15, -0.1) is 11.6 Å². The van der Waals surface area contributed by atoms with Crippen molar-refractivity contribution in [1.82, 2.24) is 9.88 Å². The Labute approximate surface area is 157 Å². The van der Waals surface area contributed by atoms with Crippen LogP contribution in [0.3, 0.4) is 0 Å². The predicted molar refractivity (Wildman–Crippen MR) is 100 cm³/mol. The molecule has 140 valence electrons. The number of carbonyl (C=O) groups excluding carboxylic acids is 1. The Bertz CT molecular complexity index is 737. The predicted octanol–water partition coefficient (Wildman–Crippen LogP) is 3.53. The van der Waals surface area contributed by atoms with Gasteiger partial charge in [-0.05, 0) is 31.7 Å². The molecule has 2 unspecified atom stereocenters. The number of rotatable bonds is 4. The van der Waals surface area contributed by atoms with Gasteiger partial charge in [0.2, 0.25) is 5.88 Å². The van der Waals surface area contributed by atoms with Gasteiger partial charge in [-0.3, -0.25) is 4.79 Å². The quantitative estimate of drug-likeness (QED) is 0.813. The van der Waals surface area contributed by atoms with E-state index < -0.39 is 5.38 Å². The lowest BCUT2D eigenvalue weighted by Gasteiger charge is -2.34. The van der Waals surface area contributed by atoms with Crippen molar-refractivity contribution in [3.05, 3.63) is 41.8 Å². The first kappa shape index (κ1) is 18.9. The second-order valence-electron chi connectivity index (χ2n) is 6.91. The van der Waals surface area contributed by atoms with E-state index in [0.717, 1.165) is 19.5 Å². The monoisotopic (exact) mass is 379 g/mol. The molecule has 1 aromatic rings. The number of likely N-dealkylation sites (tertiary alicyclic amines) is 1. The normalized spacial score (nSPS) is 26.7. The van der Waals surface area contributed by atoms with Crippen LogP contribution in [0.4, 0.5) is 10.2 Å². The summed E-state index contributed by atoms with van der Waals surface area (Å²) in [7, 11) is 2.10. The fourth-order valence-corrected chi connectivity index (χ4v) is 3.57. The molecule has 3 atom stereocenters. The average molecular weight is 380 g/mol. The molecule has 1 fully saturated rings. The van der Waals surface area contributed by atoms with E-state index in [1.54, 1.807) is 18.2 Å². The average Bonchev–Trinajstić information content (AvgIpc) is 2.57. The Morgan fingerprint density at radius 2 is 2.23 bits per heavy atom. The van der Waals surface area contributed by atoms with E-state index in [1.807, 2.05) is 0 Å². The lowest BCUT2D eigenvalue weighted by Crippen LogP contribution is -2.42. The topological polar surface area (TPSA) is 54.5 Å². The lowest BCUT2D eigenvalue weighted by atomic mass is 9.97. The molecule has 26 heavy (non-hydrogen) atoms. The number of nitrogens with one attached hydrogen (secondary N) is 1. The molecule has 0 spiro atoms. The van der Waals surface area contributed by atoms with Crippen molar-refractivity contribution in [3.8, 4) is 5.88 Å². The summed E-state index contributed by atoms with van der Waals surface area (Å²) in [6.07, 6.45) is 3.74. The number of carbonyl (C=O) groups is 1. The first-order valence-corrected chi connectivity index (χ1v) is 9.20. The SMILES string of the molecule is C[C@H]1CN(C)CCC1Oc1cccc(NC(=O)C2=CC=C(F)CC2Cl)n1. The molecule has 0 radical (unpaired) electrons. The van der Waals surface area contributed by atoms with Crippen molar-refractivity contribution < 1.29 is 13.9 Å². The maximum Gasteiger partial charge on any atom is 0.254 e. The molecule has 1 amide bonds. The zero-order chi connectivity index (χ0) is 18.7. The first-order chi connectivity index (χ1) is 12.4. The zero-order valence-corrected chi connectivity index (χ0v) is 15.7. The van der Waals surface area contributed by atoms with Gasteiger partial charge in [0.1, 0.15) is 17.7 Å². The second-order valence-corrected chi connectivity index (χ2v) is 7.43. The van der Waals surface area contributed by atoms with Gasteiger partial charge in [0, 0.05) is 37.1 Å². The number of allylic oxidation sites excluding steroid dienone is 3. The fraction of sp³-hybridized carbons (Fsp3) is 0.474. The van der Waals surface area contributed by atoms with Crippen molar-refractivity contribution in [2.45, 2.75) is 31.2 Å². The lowest BCUT2D eigenvalue weighted by molar-refractivity contribution is -0.113. The Hall–Kier alpha value is -1.92. The number of alkyl halides is 1. The summed E-state index contributed by atoms with van der Waals surface area (Å²) >= 11 is 6.07. The summed E-state index contributed by atoms with van der Waals surface area (Å²) in [6, 6.07) is 5.25. The van der Waals surface area contributed by atoms with Gasteiger partial charge in [-0.1, -0.05) is 13.0 Å². The molecule has 0 saturated carbocycles. The number of hydrogen-bond donors (Lipinski definition) is 1. The van der Waals surface area contributed by atoms with Crippen LogP contribution >= 0.6 is 11.6 Å². The molecule has 3 rings (SSSR count). The molecule has 1 aromatic heterocycles. The standard InChI is InChI=1S/C19H23ClFN3O2/c1-12-11-24(2)9-8-16(12)26-18-5-3-4-17(22-18)23-19(25)14-7-6-13(21)10-15(14)20/h3-7,12,15-16H,8-11H2,1-2H3,(H,22,23,25)/t12-,15?,16?/m0/s1. The van der Waals surface area contributed by atoms with Crippen molar-refractivity contribution in [3.63, 3.8) is 0 Å². The number of anilines is 1. The number of aromatic nitrogens is 1. The van der Waals surface area contributed by atoms with Gasteiger partial charge in [0.05, 0.1) is 5.38 Å². The van der Waals surface area contributed by atoms with E-state index in [4.69, 9.17) is 16.3 Å². The summed E-state index contributed by atoms with van der Waals surface area (Å²) in [4.78, 5) is 19.0. The van der Waals surface area contributed by atoms with Crippen LogP contribution in [0.1, 0.15) is 19.8 Å². The molecule has 5 nitrogen and oxygen atoms in total. The fourth-order valence-electron chi connectivity index (χ4n) is 3.25.